The topological polar surface area (TPSA) is 77.5 Å². The summed E-state index contributed by atoms with van der Waals surface area (Å²) in [6.45, 7) is -0.0573. The molecule has 102 valence electrons. The second-order valence-corrected chi connectivity index (χ2v) is 4.73. The molecule has 0 radical (unpaired) electrons. The number of aliphatic hydroxyl groups excluding tert-OH is 1. The SMILES string of the molecule is COC(=O)c1ccoc1CSc1ncc(CO)n1C. The van der Waals surface area contributed by atoms with Crippen LogP contribution in [0.1, 0.15) is 21.8 Å². The summed E-state index contributed by atoms with van der Waals surface area (Å²) in [6.07, 6.45) is 3.07. The van der Waals surface area contributed by atoms with Gasteiger partial charge in [-0.15, -0.1) is 0 Å². The summed E-state index contributed by atoms with van der Waals surface area (Å²) in [5.74, 6) is 0.596. The minimum Gasteiger partial charge on any atom is -0.468 e. The first-order valence-corrected chi connectivity index (χ1v) is 6.54. The van der Waals surface area contributed by atoms with Gasteiger partial charge in [-0.1, -0.05) is 11.8 Å². The zero-order valence-electron chi connectivity index (χ0n) is 10.6. The molecule has 6 nitrogen and oxygen atoms in total. The molecule has 0 fully saturated rings. The maximum absolute atomic E-state index is 11.5. The predicted octanol–water partition coefficient (Wildman–Crippen LogP) is 1.58. The van der Waals surface area contributed by atoms with E-state index >= 15 is 0 Å². The summed E-state index contributed by atoms with van der Waals surface area (Å²) in [7, 11) is 3.16. The van der Waals surface area contributed by atoms with E-state index in [0.717, 1.165) is 10.9 Å². The highest BCUT2D eigenvalue weighted by Crippen LogP contribution is 2.24. The van der Waals surface area contributed by atoms with Gasteiger partial charge < -0.3 is 18.8 Å². The van der Waals surface area contributed by atoms with Crippen LogP contribution in [-0.4, -0.2) is 27.7 Å². The molecule has 19 heavy (non-hydrogen) atoms. The summed E-state index contributed by atoms with van der Waals surface area (Å²) < 4.78 is 11.7. The Bertz CT molecular complexity index is 576. The van der Waals surface area contributed by atoms with Crippen molar-refractivity contribution in [3.05, 3.63) is 35.5 Å². The first kappa shape index (κ1) is 13.7. The fourth-order valence-electron chi connectivity index (χ4n) is 1.58. The largest absolute Gasteiger partial charge is 0.468 e. The van der Waals surface area contributed by atoms with Crippen LogP contribution in [0.4, 0.5) is 0 Å². The molecule has 2 aromatic heterocycles. The van der Waals surface area contributed by atoms with Crippen LogP contribution in [0.15, 0.2) is 28.1 Å². The number of methoxy groups -OCH3 is 1. The summed E-state index contributed by atoms with van der Waals surface area (Å²) >= 11 is 1.42. The van der Waals surface area contributed by atoms with Crippen LogP contribution in [0.2, 0.25) is 0 Å². The molecule has 0 amide bonds. The van der Waals surface area contributed by atoms with Gasteiger partial charge in [0.1, 0.15) is 11.3 Å². The number of aromatic nitrogens is 2. The van der Waals surface area contributed by atoms with E-state index in [1.165, 1.54) is 25.1 Å². The number of ether oxygens (including phenoxy) is 1. The number of furan rings is 1. The van der Waals surface area contributed by atoms with Crippen molar-refractivity contribution in [3.63, 3.8) is 0 Å². The number of hydrogen-bond donors (Lipinski definition) is 1. The van der Waals surface area contributed by atoms with E-state index in [2.05, 4.69) is 9.72 Å². The summed E-state index contributed by atoms with van der Waals surface area (Å²) in [5, 5.41) is 9.83. The molecular weight excluding hydrogens is 268 g/mol. The van der Waals surface area contributed by atoms with Crippen molar-refractivity contribution in [2.75, 3.05) is 7.11 Å². The Labute approximate surface area is 114 Å². The van der Waals surface area contributed by atoms with Crippen molar-refractivity contribution in [3.8, 4) is 0 Å². The Morgan fingerprint density at radius 1 is 1.63 bits per heavy atom. The molecule has 0 aliphatic carbocycles. The van der Waals surface area contributed by atoms with Crippen LogP contribution < -0.4 is 0 Å². The second-order valence-electron chi connectivity index (χ2n) is 3.79. The van der Waals surface area contributed by atoms with Gasteiger partial charge in [-0.3, -0.25) is 0 Å². The van der Waals surface area contributed by atoms with Gasteiger partial charge in [-0.05, 0) is 6.07 Å². The van der Waals surface area contributed by atoms with Crippen molar-refractivity contribution < 1.29 is 19.1 Å². The van der Waals surface area contributed by atoms with E-state index in [4.69, 9.17) is 9.52 Å². The van der Waals surface area contributed by atoms with Crippen LogP contribution in [0, 0.1) is 0 Å². The Balaban J connectivity index is 2.08. The lowest BCUT2D eigenvalue weighted by Gasteiger charge is -2.03. The number of imidazole rings is 1. The van der Waals surface area contributed by atoms with Crippen LogP contribution in [0.3, 0.4) is 0 Å². The van der Waals surface area contributed by atoms with Gasteiger partial charge in [0.05, 0.1) is 37.6 Å². The van der Waals surface area contributed by atoms with Crippen LogP contribution in [-0.2, 0) is 24.1 Å². The lowest BCUT2D eigenvalue weighted by molar-refractivity contribution is 0.0598. The smallest absolute Gasteiger partial charge is 0.341 e. The number of carbonyl (C=O) groups is 1. The molecule has 0 saturated carbocycles. The Kier molecular flexibility index (Phi) is 4.28. The molecule has 0 saturated heterocycles. The normalized spacial score (nSPS) is 10.7. The van der Waals surface area contributed by atoms with Crippen LogP contribution >= 0.6 is 11.8 Å². The first-order valence-electron chi connectivity index (χ1n) is 5.56. The van der Waals surface area contributed by atoms with Gasteiger partial charge in [0, 0.05) is 7.05 Å². The van der Waals surface area contributed by atoms with Gasteiger partial charge in [-0.2, -0.15) is 0 Å². The first-order chi connectivity index (χ1) is 9.17. The third-order valence-corrected chi connectivity index (χ3v) is 3.73. The molecule has 0 aliphatic heterocycles. The Hall–Kier alpha value is -1.73. The highest BCUT2D eigenvalue weighted by Gasteiger charge is 2.16. The molecule has 0 unspecified atom stereocenters. The van der Waals surface area contributed by atoms with E-state index in [0.29, 0.717) is 17.1 Å². The maximum Gasteiger partial charge on any atom is 0.341 e. The molecule has 2 heterocycles. The summed E-state index contributed by atoms with van der Waals surface area (Å²) in [6, 6.07) is 1.58. The number of hydrogen-bond acceptors (Lipinski definition) is 6. The Morgan fingerprint density at radius 3 is 3.05 bits per heavy atom. The number of esters is 1. The summed E-state index contributed by atoms with van der Waals surface area (Å²) in [4.78, 5) is 15.7. The molecule has 0 atom stereocenters. The molecule has 2 rings (SSSR count). The number of thioether (sulfide) groups is 1. The van der Waals surface area contributed by atoms with E-state index < -0.39 is 5.97 Å². The van der Waals surface area contributed by atoms with E-state index in [-0.39, 0.29) is 6.61 Å². The molecule has 0 bridgehead atoms. The number of rotatable bonds is 5. The van der Waals surface area contributed by atoms with Gasteiger partial charge >= 0.3 is 5.97 Å². The maximum atomic E-state index is 11.5. The standard InChI is InChI=1S/C12H14N2O4S/c1-14-8(6-15)5-13-12(14)19-7-10-9(3-4-18-10)11(16)17-2/h3-5,15H,6-7H2,1-2H3. The van der Waals surface area contributed by atoms with Gasteiger partial charge in [-0.25, -0.2) is 9.78 Å². The minimum atomic E-state index is -0.416. The summed E-state index contributed by atoms with van der Waals surface area (Å²) in [5.41, 5.74) is 1.15. The van der Waals surface area contributed by atoms with E-state index in [9.17, 15) is 4.79 Å². The lowest BCUT2D eigenvalue weighted by Crippen LogP contribution is -2.02. The van der Waals surface area contributed by atoms with Gasteiger partial charge in [0.2, 0.25) is 0 Å². The highest BCUT2D eigenvalue weighted by atomic mass is 32.2. The number of aliphatic hydroxyl groups is 1. The van der Waals surface area contributed by atoms with Crippen molar-refractivity contribution in [2.45, 2.75) is 17.5 Å². The molecule has 7 heteroatoms. The number of carbonyl (C=O) groups excluding carboxylic acids is 1. The average Bonchev–Trinajstić information content (AvgIpc) is 3.02. The quantitative estimate of drug-likeness (QED) is 0.663. The average molecular weight is 282 g/mol. The van der Waals surface area contributed by atoms with Gasteiger partial charge in [0.15, 0.2) is 5.16 Å². The third-order valence-electron chi connectivity index (χ3n) is 2.69. The number of nitrogens with zero attached hydrogens (tertiary/aromatic N) is 2. The zero-order chi connectivity index (χ0) is 13.8. The fourth-order valence-corrected chi connectivity index (χ4v) is 2.50. The van der Waals surface area contributed by atoms with Gasteiger partial charge in [0.25, 0.3) is 0 Å². The van der Waals surface area contributed by atoms with Crippen molar-refractivity contribution >= 4 is 17.7 Å². The molecular formula is C12H14N2O4S. The molecule has 0 aliphatic rings. The van der Waals surface area contributed by atoms with Crippen molar-refractivity contribution in [1.29, 1.82) is 0 Å². The van der Waals surface area contributed by atoms with Crippen molar-refractivity contribution in [1.82, 2.24) is 9.55 Å². The lowest BCUT2D eigenvalue weighted by atomic mass is 10.3. The molecule has 2 aromatic rings. The van der Waals surface area contributed by atoms with E-state index in [1.54, 1.807) is 16.8 Å². The molecule has 0 spiro atoms. The monoisotopic (exact) mass is 282 g/mol. The second kappa shape index (κ2) is 5.94. The highest BCUT2D eigenvalue weighted by molar-refractivity contribution is 7.98. The van der Waals surface area contributed by atoms with E-state index in [1.807, 2.05) is 7.05 Å². The molecule has 1 N–H and O–H groups in total. The van der Waals surface area contributed by atoms with Crippen LogP contribution in [0.25, 0.3) is 0 Å². The Morgan fingerprint density at radius 2 is 2.42 bits per heavy atom. The zero-order valence-corrected chi connectivity index (χ0v) is 11.4. The molecule has 0 aromatic carbocycles. The van der Waals surface area contributed by atoms with Crippen LogP contribution in [0.5, 0.6) is 0 Å². The third kappa shape index (κ3) is 2.82. The van der Waals surface area contributed by atoms with Crippen molar-refractivity contribution in [2.24, 2.45) is 7.05 Å². The fraction of sp³-hybridized carbons (Fsp3) is 0.333. The minimum absolute atomic E-state index is 0.0573. The predicted molar refractivity (Wildman–Crippen MR) is 68.7 cm³/mol.